The van der Waals surface area contributed by atoms with E-state index < -0.39 is 5.41 Å². The summed E-state index contributed by atoms with van der Waals surface area (Å²) in [4.78, 5) is 16.4. The van der Waals surface area contributed by atoms with Crippen molar-refractivity contribution in [3.63, 3.8) is 0 Å². The van der Waals surface area contributed by atoms with E-state index in [0.717, 1.165) is 25.1 Å². The molecular formula is C16H21N3O. The first-order valence-corrected chi connectivity index (χ1v) is 6.93. The molecule has 0 aromatic heterocycles. The Hall–Kier alpha value is -2.02. The van der Waals surface area contributed by atoms with E-state index in [1.165, 1.54) is 0 Å². The third-order valence-electron chi connectivity index (χ3n) is 3.86. The number of carbonyl (C=O) groups excluding carboxylic acids is 1. The minimum atomic E-state index is -0.410. The zero-order valence-corrected chi connectivity index (χ0v) is 12.4. The van der Waals surface area contributed by atoms with Gasteiger partial charge in [0, 0.05) is 38.4 Å². The number of amides is 1. The number of carbonyl (C=O) groups is 1. The monoisotopic (exact) mass is 271 g/mol. The summed E-state index contributed by atoms with van der Waals surface area (Å²) in [5.74, 6) is 0.0230. The number of likely N-dealkylation sites (tertiary alicyclic amines) is 1. The maximum absolute atomic E-state index is 12.6. The van der Waals surface area contributed by atoms with Gasteiger partial charge in [0.2, 0.25) is 0 Å². The summed E-state index contributed by atoms with van der Waals surface area (Å²) in [6.07, 6.45) is 1.76. The molecule has 0 saturated carbocycles. The van der Waals surface area contributed by atoms with E-state index in [2.05, 4.69) is 6.07 Å². The Balaban J connectivity index is 2.19. The second kappa shape index (κ2) is 5.54. The van der Waals surface area contributed by atoms with Crippen molar-refractivity contribution in [2.24, 2.45) is 5.41 Å². The smallest absolute Gasteiger partial charge is 0.253 e. The molecule has 1 atom stereocenters. The number of hydrogen-bond acceptors (Lipinski definition) is 3. The van der Waals surface area contributed by atoms with Crippen LogP contribution in [0, 0.1) is 16.7 Å². The number of nitriles is 1. The summed E-state index contributed by atoms with van der Waals surface area (Å²) in [5, 5.41) is 9.24. The zero-order chi connectivity index (χ0) is 14.8. The molecule has 0 N–H and O–H groups in total. The lowest BCUT2D eigenvalue weighted by atomic mass is 9.83. The summed E-state index contributed by atoms with van der Waals surface area (Å²) in [6.45, 7) is 3.19. The van der Waals surface area contributed by atoms with E-state index in [0.29, 0.717) is 12.1 Å². The van der Waals surface area contributed by atoms with E-state index in [9.17, 15) is 10.1 Å². The summed E-state index contributed by atoms with van der Waals surface area (Å²) >= 11 is 0. The number of hydrogen-bond donors (Lipinski definition) is 0. The van der Waals surface area contributed by atoms with E-state index in [4.69, 9.17) is 0 Å². The molecule has 1 aromatic rings. The van der Waals surface area contributed by atoms with Gasteiger partial charge in [-0.15, -0.1) is 0 Å². The molecule has 1 aliphatic heterocycles. The zero-order valence-electron chi connectivity index (χ0n) is 12.4. The van der Waals surface area contributed by atoms with Crippen molar-refractivity contribution in [1.29, 1.82) is 5.26 Å². The first-order chi connectivity index (χ1) is 9.45. The average molecular weight is 271 g/mol. The lowest BCUT2D eigenvalue weighted by Gasteiger charge is -2.36. The average Bonchev–Trinajstić information content (AvgIpc) is 2.46. The highest BCUT2D eigenvalue weighted by Crippen LogP contribution is 2.29. The van der Waals surface area contributed by atoms with Crippen molar-refractivity contribution in [3.8, 4) is 6.07 Å². The third-order valence-corrected chi connectivity index (χ3v) is 3.86. The van der Waals surface area contributed by atoms with Crippen molar-refractivity contribution in [2.75, 3.05) is 32.1 Å². The fourth-order valence-corrected chi connectivity index (χ4v) is 2.60. The Kier molecular flexibility index (Phi) is 3.99. The van der Waals surface area contributed by atoms with Gasteiger partial charge >= 0.3 is 0 Å². The third kappa shape index (κ3) is 2.93. The van der Waals surface area contributed by atoms with E-state index in [-0.39, 0.29) is 5.91 Å². The van der Waals surface area contributed by atoms with Gasteiger partial charge in [0.15, 0.2) is 0 Å². The van der Waals surface area contributed by atoms with Gasteiger partial charge in [0.05, 0.1) is 11.5 Å². The largest absolute Gasteiger partial charge is 0.378 e. The molecule has 0 radical (unpaired) electrons. The highest BCUT2D eigenvalue weighted by Gasteiger charge is 2.33. The Morgan fingerprint density at radius 3 is 2.85 bits per heavy atom. The van der Waals surface area contributed by atoms with Crippen LogP contribution in [0.3, 0.4) is 0 Å². The second-order valence-electron chi connectivity index (χ2n) is 5.95. The molecule has 20 heavy (non-hydrogen) atoms. The SMILES string of the molecule is CN(C)c1cccc(C(=O)N2CCC[C@@](C)(C#N)C2)c1. The summed E-state index contributed by atoms with van der Waals surface area (Å²) in [6, 6.07) is 9.97. The fourth-order valence-electron chi connectivity index (χ4n) is 2.60. The lowest BCUT2D eigenvalue weighted by molar-refractivity contribution is 0.0630. The maximum atomic E-state index is 12.6. The van der Waals surface area contributed by atoms with Crippen molar-refractivity contribution in [2.45, 2.75) is 19.8 Å². The summed E-state index contributed by atoms with van der Waals surface area (Å²) < 4.78 is 0. The van der Waals surface area contributed by atoms with Crippen molar-refractivity contribution in [3.05, 3.63) is 29.8 Å². The van der Waals surface area contributed by atoms with Crippen LogP contribution in [0.2, 0.25) is 0 Å². The van der Waals surface area contributed by atoms with Gasteiger partial charge in [-0.25, -0.2) is 0 Å². The van der Waals surface area contributed by atoms with Crippen molar-refractivity contribution < 1.29 is 4.79 Å². The number of anilines is 1. The molecule has 4 nitrogen and oxygen atoms in total. The number of nitrogens with zero attached hydrogens (tertiary/aromatic N) is 3. The molecule has 0 spiro atoms. The van der Waals surface area contributed by atoms with Crippen LogP contribution in [0.15, 0.2) is 24.3 Å². The molecule has 1 aromatic carbocycles. The highest BCUT2D eigenvalue weighted by atomic mass is 16.2. The van der Waals surface area contributed by atoms with Gasteiger partial charge in [-0.1, -0.05) is 6.07 Å². The predicted octanol–water partition coefficient (Wildman–Crippen LogP) is 2.52. The molecule has 1 fully saturated rings. The van der Waals surface area contributed by atoms with Crippen molar-refractivity contribution in [1.82, 2.24) is 4.90 Å². The van der Waals surface area contributed by atoms with Crippen LogP contribution in [-0.2, 0) is 0 Å². The Bertz CT molecular complexity index is 547. The van der Waals surface area contributed by atoms with Gasteiger partial charge in [0.1, 0.15) is 0 Å². The van der Waals surface area contributed by atoms with Gasteiger partial charge in [-0.2, -0.15) is 5.26 Å². The van der Waals surface area contributed by atoms with Crippen LogP contribution < -0.4 is 4.90 Å². The molecular weight excluding hydrogens is 250 g/mol. The standard InChI is InChI=1S/C16H21N3O/c1-16(11-17)8-5-9-19(12-16)15(20)13-6-4-7-14(10-13)18(2)3/h4,6-7,10H,5,8-9,12H2,1-3H3/t16-/m0/s1. The molecule has 2 rings (SSSR count). The fraction of sp³-hybridized carbons (Fsp3) is 0.500. The maximum Gasteiger partial charge on any atom is 0.253 e. The van der Waals surface area contributed by atoms with Crippen molar-refractivity contribution >= 4 is 11.6 Å². The quantitative estimate of drug-likeness (QED) is 0.830. The first kappa shape index (κ1) is 14.4. The molecule has 1 saturated heterocycles. The van der Waals surface area contributed by atoms with Crippen LogP contribution in [0.5, 0.6) is 0 Å². The van der Waals surface area contributed by atoms with Crippen LogP contribution >= 0.6 is 0 Å². The molecule has 0 aliphatic carbocycles. The topological polar surface area (TPSA) is 47.3 Å². The summed E-state index contributed by atoms with van der Waals surface area (Å²) in [5.41, 5.74) is 1.29. The first-order valence-electron chi connectivity index (χ1n) is 6.93. The molecule has 4 heteroatoms. The minimum absolute atomic E-state index is 0.0230. The Morgan fingerprint density at radius 2 is 2.20 bits per heavy atom. The Morgan fingerprint density at radius 1 is 1.45 bits per heavy atom. The normalized spacial score (nSPS) is 22.2. The second-order valence-corrected chi connectivity index (χ2v) is 5.95. The highest BCUT2D eigenvalue weighted by molar-refractivity contribution is 5.95. The van der Waals surface area contributed by atoms with Gasteiger partial charge < -0.3 is 9.80 Å². The van der Waals surface area contributed by atoms with E-state index >= 15 is 0 Å². The minimum Gasteiger partial charge on any atom is -0.378 e. The van der Waals surface area contributed by atoms with E-state index in [1.807, 2.05) is 55.1 Å². The molecule has 106 valence electrons. The van der Waals surface area contributed by atoms with Gasteiger partial charge in [0.25, 0.3) is 5.91 Å². The predicted molar refractivity (Wildman–Crippen MR) is 79.6 cm³/mol. The van der Waals surface area contributed by atoms with E-state index in [1.54, 1.807) is 0 Å². The Labute approximate surface area is 120 Å². The number of rotatable bonds is 2. The molecule has 1 heterocycles. The van der Waals surface area contributed by atoms with Crippen LogP contribution in [0.25, 0.3) is 0 Å². The number of benzene rings is 1. The van der Waals surface area contributed by atoms with Crippen LogP contribution in [0.1, 0.15) is 30.1 Å². The number of piperidine rings is 1. The molecule has 0 unspecified atom stereocenters. The van der Waals surface area contributed by atoms with Crippen LogP contribution in [-0.4, -0.2) is 38.0 Å². The molecule has 0 bridgehead atoms. The molecule has 1 amide bonds. The molecule has 1 aliphatic rings. The van der Waals surface area contributed by atoms with Gasteiger partial charge in [-0.05, 0) is 38.0 Å². The lowest BCUT2D eigenvalue weighted by Crippen LogP contribution is -2.44. The van der Waals surface area contributed by atoms with Crippen LogP contribution in [0.4, 0.5) is 5.69 Å². The van der Waals surface area contributed by atoms with Gasteiger partial charge in [-0.3, -0.25) is 4.79 Å². The summed E-state index contributed by atoms with van der Waals surface area (Å²) in [7, 11) is 3.91.